The van der Waals surface area contributed by atoms with Gasteiger partial charge in [-0.15, -0.1) is 0 Å². The molecule has 0 aromatic heterocycles. The van der Waals surface area contributed by atoms with Gasteiger partial charge in [0.25, 0.3) is 0 Å². The third-order valence-electron chi connectivity index (χ3n) is 9.23. The lowest BCUT2D eigenvalue weighted by atomic mass is 9.75. The van der Waals surface area contributed by atoms with E-state index in [2.05, 4.69) is 0 Å². The van der Waals surface area contributed by atoms with Gasteiger partial charge in [-0.2, -0.15) is 0 Å². The molecule has 0 aliphatic carbocycles. The highest BCUT2D eigenvalue weighted by Crippen LogP contribution is 2.45. The fraction of sp³-hybridized carbons (Fsp3) is 0.238. The van der Waals surface area contributed by atoms with Crippen molar-refractivity contribution < 1.29 is 36.1 Å². The lowest BCUT2D eigenvalue weighted by molar-refractivity contribution is -0.908. The number of rotatable bonds is 12. The van der Waals surface area contributed by atoms with E-state index >= 15 is 0 Å². The van der Waals surface area contributed by atoms with Crippen LogP contribution in [-0.2, 0) is 32.7 Å². The number of sulfonamides is 1. The Kier molecular flexibility index (Phi) is 9.64. The molecule has 0 saturated carbocycles. The van der Waals surface area contributed by atoms with Gasteiger partial charge < -0.3 is 14.0 Å². The number of carbonyl (C=O) groups excluding carboxylic acids is 2. The monoisotopic (exact) mass is 706 g/mol. The molecule has 1 aliphatic rings. The molecular formula is C42H43N2O6S+. The van der Waals surface area contributed by atoms with Crippen LogP contribution < -0.4 is 4.74 Å². The molecule has 5 aromatic rings. The summed E-state index contributed by atoms with van der Waals surface area (Å²) in [6.45, 7) is -2.70. The van der Waals surface area contributed by atoms with Crippen LogP contribution in [0.4, 0.5) is 0 Å². The molecule has 262 valence electrons. The fourth-order valence-electron chi connectivity index (χ4n) is 6.79. The van der Waals surface area contributed by atoms with Gasteiger partial charge in [-0.05, 0) is 47.5 Å². The number of nitrogens with zero attached hydrogens (tertiary/aromatic N) is 2. The van der Waals surface area contributed by atoms with E-state index in [0.717, 1.165) is 5.56 Å². The first-order valence-corrected chi connectivity index (χ1v) is 18.5. The lowest BCUT2D eigenvalue weighted by Crippen LogP contribution is -2.59. The maximum atomic E-state index is 14.1. The molecule has 0 radical (unpaired) electrons. The summed E-state index contributed by atoms with van der Waals surface area (Å²) in [6, 6.07) is 41.7. The number of piperidine rings is 1. The van der Waals surface area contributed by atoms with Crippen LogP contribution in [0, 0.1) is 5.92 Å². The van der Waals surface area contributed by atoms with Crippen LogP contribution in [0.5, 0.6) is 5.75 Å². The third kappa shape index (κ3) is 8.80. The molecule has 0 spiro atoms. The van der Waals surface area contributed by atoms with Crippen LogP contribution in [0.2, 0.25) is 0 Å². The molecule has 1 unspecified atom stereocenters. The van der Waals surface area contributed by atoms with Crippen LogP contribution in [-0.4, -0.2) is 62.8 Å². The topological polar surface area (TPSA) is 90.0 Å². The highest BCUT2D eigenvalue weighted by Gasteiger charge is 2.52. The third-order valence-corrected chi connectivity index (χ3v) is 11.0. The first kappa shape index (κ1) is 31.9. The lowest BCUT2D eigenvalue weighted by Gasteiger charge is -2.49. The molecule has 1 heterocycles. The summed E-state index contributed by atoms with van der Waals surface area (Å²) in [4.78, 5) is 27.2. The Balaban J connectivity index is 1.47. The van der Waals surface area contributed by atoms with E-state index in [-0.39, 0.29) is 49.7 Å². The second-order valence-electron chi connectivity index (χ2n) is 13.2. The van der Waals surface area contributed by atoms with E-state index in [1.165, 1.54) is 4.31 Å². The van der Waals surface area contributed by atoms with Gasteiger partial charge in [-0.1, -0.05) is 109 Å². The summed E-state index contributed by atoms with van der Waals surface area (Å²) in [5.41, 5.74) is 0.923. The van der Waals surface area contributed by atoms with Gasteiger partial charge in [0.05, 0.1) is 47.5 Å². The number of hydrogen-bond acceptors (Lipinski definition) is 6. The molecule has 9 heteroatoms. The van der Waals surface area contributed by atoms with Gasteiger partial charge >= 0.3 is 11.9 Å². The number of carbonyl (C=O) groups is 2. The van der Waals surface area contributed by atoms with E-state index in [0.29, 0.717) is 16.7 Å². The minimum absolute atomic E-state index is 0.00663. The van der Waals surface area contributed by atoms with Gasteiger partial charge in [0, 0.05) is 25.1 Å². The van der Waals surface area contributed by atoms with Crippen molar-refractivity contribution >= 4 is 22.0 Å². The molecular weight excluding hydrogens is 661 g/mol. The summed E-state index contributed by atoms with van der Waals surface area (Å²) in [7, 11) is -2.29. The molecule has 0 N–H and O–H groups in total. The maximum absolute atomic E-state index is 14.1. The van der Waals surface area contributed by atoms with E-state index in [4.69, 9.17) is 13.6 Å². The van der Waals surface area contributed by atoms with E-state index in [1.807, 2.05) is 36.4 Å². The number of esters is 2. The second kappa shape index (κ2) is 15.4. The molecule has 1 saturated heterocycles. The van der Waals surface area contributed by atoms with E-state index < -0.39 is 44.9 Å². The molecule has 3 atom stereocenters. The van der Waals surface area contributed by atoms with Gasteiger partial charge in [-0.25, -0.2) is 22.3 Å². The SMILES string of the molecule is [2H]C([2H])([2H])[N+](C)(Cc1ccccc1)C[C@@H]1CN(S(=O)(=O)Cc2ccccc2)CC[C@@]1(OC(=O)c1ccccc1)c1cccc(OC(=O)c2ccccc2)c1. The van der Waals surface area contributed by atoms with Gasteiger partial charge in [0.1, 0.15) is 17.9 Å². The van der Waals surface area contributed by atoms with Crippen LogP contribution in [0.3, 0.4) is 0 Å². The van der Waals surface area contributed by atoms with Gasteiger partial charge in [0.2, 0.25) is 10.0 Å². The van der Waals surface area contributed by atoms with Crippen molar-refractivity contribution in [1.82, 2.24) is 4.31 Å². The van der Waals surface area contributed by atoms with Crippen molar-refractivity contribution in [2.45, 2.75) is 24.3 Å². The minimum atomic E-state index is -3.91. The van der Waals surface area contributed by atoms with Crippen molar-refractivity contribution in [3.63, 3.8) is 0 Å². The second-order valence-corrected chi connectivity index (χ2v) is 15.2. The molecule has 6 rings (SSSR count). The molecule has 5 aromatic carbocycles. The average Bonchev–Trinajstić information content (AvgIpc) is 3.16. The Bertz CT molecular complexity index is 2160. The van der Waals surface area contributed by atoms with Crippen molar-refractivity contribution in [2.75, 3.05) is 33.7 Å². The zero-order chi connectivity index (χ0) is 38.4. The van der Waals surface area contributed by atoms with Crippen molar-refractivity contribution in [2.24, 2.45) is 5.92 Å². The molecule has 8 nitrogen and oxygen atoms in total. The fourth-order valence-corrected chi connectivity index (χ4v) is 8.36. The van der Waals surface area contributed by atoms with Crippen LogP contribution >= 0.6 is 0 Å². The highest BCUT2D eigenvalue weighted by atomic mass is 32.2. The summed E-state index contributed by atoms with van der Waals surface area (Å²) in [6.07, 6.45) is 0.00663. The van der Waals surface area contributed by atoms with E-state index in [9.17, 15) is 18.0 Å². The van der Waals surface area contributed by atoms with Crippen molar-refractivity contribution in [3.8, 4) is 5.75 Å². The quantitative estimate of drug-likeness (QED) is 0.0783. The molecule has 1 fully saturated rings. The van der Waals surface area contributed by atoms with Gasteiger partial charge in [-0.3, -0.25) is 0 Å². The zero-order valence-corrected chi connectivity index (χ0v) is 29.2. The molecule has 0 amide bonds. The minimum Gasteiger partial charge on any atom is -0.450 e. The average molecular weight is 707 g/mol. The maximum Gasteiger partial charge on any atom is 0.343 e. The highest BCUT2D eigenvalue weighted by molar-refractivity contribution is 7.88. The van der Waals surface area contributed by atoms with Crippen molar-refractivity contribution in [3.05, 3.63) is 173 Å². The predicted molar refractivity (Wildman–Crippen MR) is 197 cm³/mol. The van der Waals surface area contributed by atoms with Gasteiger partial charge in [0.15, 0.2) is 0 Å². The van der Waals surface area contributed by atoms with E-state index in [1.54, 1.807) is 116 Å². The number of ether oxygens (including phenoxy) is 2. The molecule has 51 heavy (non-hydrogen) atoms. The molecule has 0 bridgehead atoms. The van der Waals surface area contributed by atoms with Crippen LogP contribution in [0.15, 0.2) is 146 Å². The summed E-state index contributed by atoms with van der Waals surface area (Å²) >= 11 is 0. The summed E-state index contributed by atoms with van der Waals surface area (Å²) in [5.74, 6) is -2.18. The summed E-state index contributed by atoms with van der Waals surface area (Å²) < 4.78 is 67.9. The number of hydrogen-bond donors (Lipinski definition) is 0. The predicted octanol–water partition coefficient (Wildman–Crippen LogP) is 7.09. The Labute approximate surface area is 304 Å². The number of quaternary nitrogens is 1. The standard InChI is InChI=1S/C42H43N2O6S/c1-44(2,30-33-16-7-3-8-17-33)31-38-29-43(51(47,48)32-34-18-9-4-10-19-34)27-26-42(38,50-41(46)36-22-13-6-14-23-36)37-24-15-25-39(28-37)49-40(45)35-20-11-5-12-21-35/h3-25,28,38H,26-27,29-32H2,1-2H3/q+1/t38-,42+/m0/s1/i1D3/t38-,42+,44?. The zero-order valence-electron chi connectivity index (χ0n) is 31.4. The van der Waals surface area contributed by atoms with Crippen molar-refractivity contribution in [1.29, 1.82) is 0 Å². The van der Waals surface area contributed by atoms with Crippen LogP contribution in [0.1, 0.15) is 47.9 Å². The first-order valence-electron chi connectivity index (χ1n) is 18.3. The Morgan fingerprint density at radius 1 is 0.784 bits per heavy atom. The Morgan fingerprint density at radius 3 is 1.96 bits per heavy atom. The Hall–Kier alpha value is -5.09. The Morgan fingerprint density at radius 2 is 1.35 bits per heavy atom. The van der Waals surface area contributed by atoms with Crippen LogP contribution in [0.25, 0.3) is 0 Å². The normalized spacial score (nSPS) is 20.2. The molecule has 1 aliphatic heterocycles. The first-order chi connectivity index (χ1) is 25.8. The smallest absolute Gasteiger partial charge is 0.343 e. The summed E-state index contributed by atoms with van der Waals surface area (Å²) in [5, 5.41) is 0. The number of benzene rings is 5. The largest absolute Gasteiger partial charge is 0.450 e.